The molecule has 28 heavy (non-hydrogen) atoms. The molecule has 3 aromatic carbocycles. The molecule has 5 nitrogen and oxygen atoms in total. The zero-order chi connectivity index (χ0) is 19.3. The minimum absolute atomic E-state index is 0.0519. The SMILES string of the molecule is O=c1c2ccccc2c(-c2ccccc2)nn1CC(O)COc1ccccc1. The Bertz CT molecular complexity index is 1120. The van der Waals surface area contributed by atoms with E-state index in [4.69, 9.17) is 4.74 Å². The van der Waals surface area contributed by atoms with Gasteiger partial charge in [0, 0.05) is 10.9 Å². The fraction of sp³-hybridized carbons (Fsp3) is 0.130. The number of aliphatic hydroxyl groups excluding tert-OH is 1. The third kappa shape index (κ3) is 3.80. The number of rotatable bonds is 6. The van der Waals surface area contributed by atoms with Gasteiger partial charge in [0.2, 0.25) is 0 Å². The van der Waals surface area contributed by atoms with Crippen LogP contribution in [-0.2, 0) is 6.54 Å². The van der Waals surface area contributed by atoms with Gasteiger partial charge in [-0.25, -0.2) is 4.68 Å². The minimum atomic E-state index is -0.866. The van der Waals surface area contributed by atoms with E-state index in [1.165, 1.54) is 4.68 Å². The molecule has 0 saturated heterocycles. The molecule has 0 aliphatic carbocycles. The van der Waals surface area contributed by atoms with Crippen LogP contribution < -0.4 is 10.3 Å². The summed E-state index contributed by atoms with van der Waals surface area (Å²) in [4.78, 5) is 12.9. The summed E-state index contributed by atoms with van der Waals surface area (Å²) < 4.78 is 6.91. The third-order valence-electron chi connectivity index (χ3n) is 4.48. The fourth-order valence-corrected chi connectivity index (χ4v) is 3.13. The maximum atomic E-state index is 12.9. The maximum absolute atomic E-state index is 12.9. The number of aromatic nitrogens is 2. The van der Waals surface area contributed by atoms with Crippen molar-refractivity contribution >= 4 is 10.8 Å². The van der Waals surface area contributed by atoms with Gasteiger partial charge in [0.05, 0.1) is 17.6 Å². The largest absolute Gasteiger partial charge is 0.491 e. The number of para-hydroxylation sites is 1. The zero-order valence-corrected chi connectivity index (χ0v) is 15.2. The highest BCUT2D eigenvalue weighted by Gasteiger charge is 2.15. The second-order valence-corrected chi connectivity index (χ2v) is 6.53. The zero-order valence-electron chi connectivity index (χ0n) is 15.2. The Labute approximate surface area is 162 Å². The van der Waals surface area contributed by atoms with Crippen LogP contribution in [0.4, 0.5) is 0 Å². The Morgan fingerprint density at radius 2 is 1.46 bits per heavy atom. The second-order valence-electron chi connectivity index (χ2n) is 6.53. The van der Waals surface area contributed by atoms with E-state index in [0.29, 0.717) is 16.8 Å². The molecule has 1 N–H and O–H groups in total. The lowest BCUT2D eigenvalue weighted by Gasteiger charge is -2.15. The molecule has 1 aromatic heterocycles. The van der Waals surface area contributed by atoms with Crippen molar-refractivity contribution in [1.82, 2.24) is 9.78 Å². The summed E-state index contributed by atoms with van der Waals surface area (Å²) in [5, 5.41) is 16.3. The Morgan fingerprint density at radius 1 is 0.857 bits per heavy atom. The standard InChI is InChI=1S/C23H20N2O3/c26-18(16-28-19-11-5-2-6-12-19)15-25-23(27)21-14-8-7-13-20(21)22(24-25)17-9-3-1-4-10-17/h1-14,18,26H,15-16H2. The number of hydrogen-bond donors (Lipinski definition) is 1. The van der Waals surface area contributed by atoms with Crippen molar-refractivity contribution in [2.75, 3.05) is 6.61 Å². The number of benzene rings is 3. The van der Waals surface area contributed by atoms with Gasteiger partial charge in [-0.15, -0.1) is 0 Å². The average molecular weight is 372 g/mol. The van der Waals surface area contributed by atoms with Crippen molar-refractivity contribution in [1.29, 1.82) is 0 Å². The Morgan fingerprint density at radius 3 is 2.18 bits per heavy atom. The molecule has 5 heteroatoms. The van der Waals surface area contributed by atoms with Gasteiger partial charge in [-0.1, -0.05) is 66.7 Å². The van der Waals surface area contributed by atoms with E-state index in [-0.39, 0.29) is 18.7 Å². The predicted molar refractivity (Wildman–Crippen MR) is 109 cm³/mol. The molecule has 0 saturated carbocycles. The minimum Gasteiger partial charge on any atom is -0.491 e. The summed E-state index contributed by atoms with van der Waals surface area (Å²) in [5.41, 5.74) is 1.41. The number of nitrogens with zero attached hydrogens (tertiary/aromatic N) is 2. The fourth-order valence-electron chi connectivity index (χ4n) is 3.13. The van der Waals surface area contributed by atoms with Gasteiger partial charge in [0.1, 0.15) is 18.5 Å². The molecular weight excluding hydrogens is 352 g/mol. The first-order valence-electron chi connectivity index (χ1n) is 9.13. The molecule has 1 unspecified atom stereocenters. The van der Waals surface area contributed by atoms with E-state index < -0.39 is 6.10 Å². The lowest BCUT2D eigenvalue weighted by molar-refractivity contribution is 0.0882. The Kier molecular flexibility index (Phi) is 5.17. The van der Waals surface area contributed by atoms with E-state index in [2.05, 4.69) is 5.10 Å². The summed E-state index contributed by atoms with van der Waals surface area (Å²) in [6.45, 7) is 0.127. The topological polar surface area (TPSA) is 64.4 Å². The van der Waals surface area contributed by atoms with Crippen molar-refractivity contribution in [3.05, 3.63) is 95.3 Å². The molecule has 4 aromatic rings. The summed E-state index contributed by atoms with van der Waals surface area (Å²) in [5.74, 6) is 0.672. The van der Waals surface area contributed by atoms with E-state index >= 15 is 0 Å². The van der Waals surface area contributed by atoms with Gasteiger partial charge in [-0.2, -0.15) is 5.10 Å². The number of fused-ring (bicyclic) bond motifs is 1. The smallest absolute Gasteiger partial charge is 0.274 e. The summed E-state index contributed by atoms with van der Waals surface area (Å²) in [6.07, 6.45) is -0.866. The lowest BCUT2D eigenvalue weighted by atomic mass is 10.1. The molecule has 0 aliphatic rings. The van der Waals surface area contributed by atoms with Gasteiger partial charge in [-0.3, -0.25) is 4.79 Å². The summed E-state index contributed by atoms with van der Waals surface area (Å²) >= 11 is 0. The molecule has 0 amide bonds. The lowest BCUT2D eigenvalue weighted by Crippen LogP contribution is -2.32. The van der Waals surface area contributed by atoms with Crippen LogP contribution in [-0.4, -0.2) is 27.6 Å². The van der Waals surface area contributed by atoms with Gasteiger partial charge in [0.15, 0.2) is 0 Å². The predicted octanol–water partition coefficient (Wildman–Crippen LogP) is 3.50. The van der Waals surface area contributed by atoms with Crippen LogP contribution in [0.3, 0.4) is 0 Å². The number of hydrogen-bond acceptors (Lipinski definition) is 4. The van der Waals surface area contributed by atoms with Gasteiger partial charge in [-0.05, 0) is 18.2 Å². The highest BCUT2D eigenvalue weighted by Crippen LogP contribution is 2.24. The molecule has 0 fully saturated rings. The molecule has 0 aliphatic heterocycles. The van der Waals surface area contributed by atoms with E-state index in [1.54, 1.807) is 6.07 Å². The molecule has 1 heterocycles. The normalized spacial score (nSPS) is 12.0. The van der Waals surface area contributed by atoms with Crippen LogP contribution >= 0.6 is 0 Å². The van der Waals surface area contributed by atoms with Gasteiger partial charge in [0.25, 0.3) is 5.56 Å². The highest BCUT2D eigenvalue weighted by molar-refractivity contribution is 5.93. The average Bonchev–Trinajstić information content (AvgIpc) is 2.76. The third-order valence-corrected chi connectivity index (χ3v) is 4.48. The van der Waals surface area contributed by atoms with Crippen LogP contribution in [0.15, 0.2) is 89.7 Å². The first kappa shape index (κ1) is 17.9. The van der Waals surface area contributed by atoms with E-state index in [9.17, 15) is 9.90 Å². The molecular formula is C23H20N2O3. The van der Waals surface area contributed by atoms with Crippen molar-refractivity contribution in [2.24, 2.45) is 0 Å². The monoisotopic (exact) mass is 372 g/mol. The number of ether oxygens (including phenoxy) is 1. The first-order chi connectivity index (χ1) is 13.7. The molecule has 0 bridgehead atoms. The maximum Gasteiger partial charge on any atom is 0.274 e. The van der Waals surface area contributed by atoms with E-state index in [0.717, 1.165) is 10.9 Å². The van der Waals surface area contributed by atoms with Crippen molar-refractivity contribution in [3.8, 4) is 17.0 Å². The van der Waals surface area contributed by atoms with Crippen LogP contribution in [0.25, 0.3) is 22.0 Å². The highest BCUT2D eigenvalue weighted by atomic mass is 16.5. The molecule has 1 atom stereocenters. The van der Waals surface area contributed by atoms with Crippen molar-refractivity contribution in [2.45, 2.75) is 12.6 Å². The van der Waals surface area contributed by atoms with Crippen LogP contribution in [0.1, 0.15) is 0 Å². The van der Waals surface area contributed by atoms with Crippen LogP contribution in [0.2, 0.25) is 0 Å². The molecule has 0 spiro atoms. The Balaban J connectivity index is 1.65. The molecule has 140 valence electrons. The quantitative estimate of drug-likeness (QED) is 0.563. The van der Waals surface area contributed by atoms with Crippen molar-refractivity contribution in [3.63, 3.8) is 0 Å². The van der Waals surface area contributed by atoms with Gasteiger partial charge < -0.3 is 9.84 Å². The van der Waals surface area contributed by atoms with Crippen LogP contribution in [0, 0.1) is 0 Å². The van der Waals surface area contributed by atoms with Gasteiger partial charge >= 0.3 is 0 Å². The first-order valence-corrected chi connectivity index (χ1v) is 9.13. The van der Waals surface area contributed by atoms with Crippen LogP contribution in [0.5, 0.6) is 5.75 Å². The Hall–Kier alpha value is -3.44. The summed E-state index contributed by atoms with van der Waals surface area (Å²) in [6, 6.07) is 26.4. The van der Waals surface area contributed by atoms with Crippen molar-refractivity contribution < 1.29 is 9.84 Å². The molecule has 4 rings (SSSR count). The number of aliphatic hydroxyl groups is 1. The molecule has 0 radical (unpaired) electrons. The second kappa shape index (κ2) is 8.06. The van der Waals surface area contributed by atoms with E-state index in [1.807, 2.05) is 78.9 Å². The summed E-state index contributed by atoms with van der Waals surface area (Å²) in [7, 11) is 0.